The SMILES string of the molecule is COc1ccc([C@H](NCCCN=C(N)N)c2ccc(-n3cc4cc(C(C)(C)C)[nH]c4nc3=O)cc2)cc1.C[C@H](N)CCCc1cc(SC(F)(F)F)cc(C(C)(C)C)c1. The fourth-order valence-corrected chi connectivity index (χ4v) is 6.89. The van der Waals surface area contributed by atoms with Crippen LogP contribution in [0.2, 0.25) is 0 Å². The van der Waals surface area contributed by atoms with Crippen molar-refractivity contribution < 1.29 is 17.9 Å². The smallest absolute Gasteiger partial charge is 0.446 e. The van der Waals surface area contributed by atoms with Gasteiger partial charge in [0, 0.05) is 40.2 Å². The van der Waals surface area contributed by atoms with E-state index in [0.29, 0.717) is 12.2 Å². The van der Waals surface area contributed by atoms with Gasteiger partial charge in [-0.25, -0.2) is 4.79 Å². The summed E-state index contributed by atoms with van der Waals surface area (Å²) in [6, 6.07) is 23.4. The molecule has 0 aliphatic heterocycles. The number of alkyl halides is 3. The van der Waals surface area contributed by atoms with Gasteiger partial charge in [-0.05, 0) is 121 Å². The molecule has 2 aromatic heterocycles. The van der Waals surface area contributed by atoms with E-state index in [1.807, 2.05) is 88.5 Å². The number of nitrogens with two attached hydrogens (primary N) is 3. The van der Waals surface area contributed by atoms with E-state index >= 15 is 0 Å². The molecule has 0 aliphatic rings. The van der Waals surface area contributed by atoms with Gasteiger partial charge in [0.2, 0.25) is 0 Å². The lowest BCUT2D eigenvalue weighted by molar-refractivity contribution is -0.0328. The van der Waals surface area contributed by atoms with Gasteiger partial charge in [-0.15, -0.1) is 0 Å². The van der Waals surface area contributed by atoms with Crippen molar-refractivity contribution in [3.05, 3.63) is 117 Å². The number of nitrogens with one attached hydrogen (secondary N) is 2. The number of guanidine groups is 1. The first-order chi connectivity index (χ1) is 27.1. The predicted octanol–water partition coefficient (Wildman–Crippen LogP) is 8.63. The maximum Gasteiger partial charge on any atom is 0.446 e. The van der Waals surface area contributed by atoms with Crippen LogP contribution in [-0.2, 0) is 17.3 Å². The van der Waals surface area contributed by atoms with Crippen LogP contribution in [0, 0.1) is 0 Å². The van der Waals surface area contributed by atoms with Gasteiger partial charge < -0.3 is 32.2 Å². The molecule has 58 heavy (non-hydrogen) atoms. The average molecular weight is 821 g/mol. The fraction of sp³-hybridized carbons (Fsp3) is 0.432. The number of thioether (sulfide) groups is 1. The molecule has 0 bridgehead atoms. The van der Waals surface area contributed by atoms with Gasteiger partial charge in [0.05, 0.1) is 18.8 Å². The molecular weight excluding hydrogens is 762 g/mol. The third-order valence-corrected chi connectivity index (χ3v) is 10.1. The number of benzene rings is 3. The first-order valence-electron chi connectivity index (χ1n) is 19.4. The number of aryl methyl sites for hydroxylation is 1. The molecule has 5 aromatic rings. The molecule has 5 rings (SSSR count). The van der Waals surface area contributed by atoms with Crippen LogP contribution in [0.4, 0.5) is 13.2 Å². The molecule has 0 spiro atoms. The van der Waals surface area contributed by atoms with E-state index in [1.54, 1.807) is 23.8 Å². The van der Waals surface area contributed by atoms with Crippen LogP contribution in [0.1, 0.15) is 102 Å². The van der Waals surface area contributed by atoms with E-state index in [-0.39, 0.29) is 51.2 Å². The summed E-state index contributed by atoms with van der Waals surface area (Å²) >= 11 is -0.0397. The Hall–Kier alpha value is -4.79. The molecule has 0 aliphatic carbocycles. The highest BCUT2D eigenvalue weighted by Gasteiger charge is 2.30. The normalized spacial score (nSPS) is 13.1. The lowest BCUT2D eigenvalue weighted by Gasteiger charge is -2.21. The third-order valence-electron chi connectivity index (χ3n) is 9.44. The summed E-state index contributed by atoms with van der Waals surface area (Å²) in [5.41, 5.74) is 18.2. The minimum Gasteiger partial charge on any atom is -0.497 e. The van der Waals surface area contributed by atoms with Crippen molar-refractivity contribution in [2.45, 2.75) is 107 Å². The highest BCUT2D eigenvalue weighted by molar-refractivity contribution is 8.00. The summed E-state index contributed by atoms with van der Waals surface area (Å²) in [5.74, 6) is 0.895. The van der Waals surface area contributed by atoms with E-state index in [0.717, 1.165) is 77.0 Å². The van der Waals surface area contributed by atoms with Gasteiger partial charge in [0.1, 0.15) is 11.4 Å². The number of ether oxygens (including phenoxy) is 1. The highest BCUT2D eigenvalue weighted by Crippen LogP contribution is 2.39. The van der Waals surface area contributed by atoms with Crippen molar-refractivity contribution in [1.29, 1.82) is 0 Å². The molecular formula is C44H59F3N8O2S. The summed E-state index contributed by atoms with van der Waals surface area (Å²) in [4.78, 5) is 24.7. The maximum absolute atomic E-state index is 12.8. The minimum absolute atomic E-state index is 0.0397. The second kappa shape index (κ2) is 19.8. The zero-order chi connectivity index (χ0) is 42.8. The quantitative estimate of drug-likeness (QED) is 0.0322. The van der Waals surface area contributed by atoms with Gasteiger partial charge in [0.15, 0.2) is 5.96 Å². The predicted molar refractivity (Wildman–Crippen MR) is 232 cm³/mol. The Morgan fingerprint density at radius 2 is 1.57 bits per heavy atom. The van der Waals surface area contributed by atoms with Crippen LogP contribution < -0.4 is 32.9 Å². The molecule has 8 N–H and O–H groups in total. The van der Waals surface area contributed by atoms with Crippen molar-refractivity contribution in [3.8, 4) is 11.4 Å². The number of nitrogens with zero attached hydrogens (tertiary/aromatic N) is 3. The average Bonchev–Trinajstić information content (AvgIpc) is 3.56. The van der Waals surface area contributed by atoms with Crippen molar-refractivity contribution in [2.75, 3.05) is 20.2 Å². The molecule has 0 fully saturated rings. The highest BCUT2D eigenvalue weighted by atomic mass is 32.2. The molecule has 0 saturated carbocycles. The molecule has 314 valence electrons. The van der Waals surface area contributed by atoms with Crippen molar-refractivity contribution in [1.82, 2.24) is 19.9 Å². The number of rotatable bonds is 14. The standard InChI is InChI=1S/C28H35N7O2.C16H24F3NS/c1-28(2,3)23-16-20-17-35(27(36)34-25(20)33-23)21-10-6-18(7-11-21)24(31-14-5-15-32-26(29)30)19-8-12-22(37-4)13-9-19;1-11(20)6-5-7-12-8-13(15(2,3)4)10-14(9-12)21-16(17,18)19/h6-13,16-17,24,31H,5,14-15H2,1-4H3,(H4,29,30,32)(H,33,34,36);8-11H,5-7,20H2,1-4H3/t24-;11-/m10/s1. The molecule has 0 saturated heterocycles. The number of hydrogen-bond acceptors (Lipinski definition) is 7. The number of aromatic nitrogens is 3. The third kappa shape index (κ3) is 13.9. The largest absolute Gasteiger partial charge is 0.497 e. The zero-order valence-corrected chi connectivity index (χ0v) is 35.7. The summed E-state index contributed by atoms with van der Waals surface area (Å²) in [6.45, 7) is 15.6. The summed E-state index contributed by atoms with van der Waals surface area (Å²) in [7, 11) is 1.65. The zero-order valence-electron chi connectivity index (χ0n) is 34.8. The van der Waals surface area contributed by atoms with Gasteiger partial charge in [-0.3, -0.25) is 9.56 Å². The lowest BCUT2D eigenvalue weighted by atomic mass is 9.85. The van der Waals surface area contributed by atoms with Gasteiger partial charge >= 0.3 is 11.2 Å². The van der Waals surface area contributed by atoms with Gasteiger partial charge in [-0.2, -0.15) is 18.2 Å². The Morgan fingerprint density at radius 1 is 0.931 bits per heavy atom. The summed E-state index contributed by atoms with van der Waals surface area (Å²) in [6.07, 6.45) is 5.16. The monoisotopic (exact) mass is 820 g/mol. The van der Waals surface area contributed by atoms with Crippen LogP contribution in [-0.4, -0.2) is 52.2 Å². The second-order valence-electron chi connectivity index (χ2n) is 16.6. The Labute approximate surface area is 344 Å². The number of hydrogen-bond donors (Lipinski definition) is 5. The molecule has 2 heterocycles. The van der Waals surface area contributed by atoms with Crippen LogP contribution in [0.25, 0.3) is 16.7 Å². The number of aliphatic imine (C=N–C) groups is 1. The Morgan fingerprint density at radius 3 is 2.12 bits per heavy atom. The lowest BCUT2D eigenvalue weighted by Crippen LogP contribution is -2.26. The topological polar surface area (TPSA) is 162 Å². The Bertz CT molecular complexity index is 2160. The minimum atomic E-state index is -4.25. The summed E-state index contributed by atoms with van der Waals surface area (Å²) in [5, 5.41) is 4.49. The van der Waals surface area contributed by atoms with Crippen LogP contribution >= 0.6 is 11.8 Å². The first-order valence-corrected chi connectivity index (χ1v) is 20.3. The van der Waals surface area contributed by atoms with E-state index in [2.05, 4.69) is 47.1 Å². The van der Waals surface area contributed by atoms with Crippen molar-refractivity contribution in [3.63, 3.8) is 0 Å². The molecule has 10 nitrogen and oxygen atoms in total. The molecule has 14 heteroatoms. The van der Waals surface area contributed by atoms with Gasteiger partial charge in [-0.1, -0.05) is 71.9 Å². The number of halogens is 3. The van der Waals surface area contributed by atoms with Gasteiger partial charge in [0.25, 0.3) is 0 Å². The van der Waals surface area contributed by atoms with E-state index in [9.17, 15) is 18.0 Å². The number of aromatic amines is 1. The van der Waals surface area contributed by atoms with E-state index in [4.69, 9.17) is 21.9 Å². The van der Waals surface area contributed by atoms with Crippen LogP contribution in [0.3, 0.4) is 0 Å². The summed E-state index contributed by atoms with van der Waals surface area (Å²) < 4.78 is 44.7. The number of methoxy groups -OCH3 is 1. The molecule has 0 amide bonds. The van der Waals surface area contributed by atoms with Crippen molar-refractivity contribution >= 4 is 28.8 Å². The Balaban J connectivity index is 0.000000302. The van der Waals surface area contributed by atoms with E-state index in [1.165, 1.54) is 0 Å². The van der Waals surface area contributed by atoms with Crippen molar-refractivity contribution in [2.24, 2.45) is 22.2 Å². The number of fused-ring (bicyclic) bond motifs is 1. The Kier molecular flexibility index (Phi) is 15.7. The fourth-order valence-electron chi connectivity index (χ4n) is 6.23. The van der Waals surface area contributed by atoms with Crippen LogP contribution in [0.15, 0.2) is 93.7 Å². The van der Waals surface area contributed by atoms with E-state index < -0.39 is 5.51 Å². The maximum atomic E-state index is 12.8. The molecule has 0 unspecified atom stereocenters. The number of H-pyrrole nitrogens is 1. The second-order valence-corrected chi connectivity index (χ2v) is 17.7. The molecule has 2 atom stereocenters. The molecule has 3 aromatic carbocycles. The molecule has 0 radical (unpaired) electrons. The van der Waals surface area contributed by atoms with Crippen LogP contribution in [0.5, 0.6) is 5.75 Å². The first kappa shape index (κ1) is 45.9.